The molecule has 2 N–H and O–H groups in total. The minimum absolute atomic E-state index is 0.133. The molecule has 0 aliphatic carbocycles. The third-order valence-electron chi connectivity index (χ3n) is 3.94. The van der Waals surface area contributed by atoms with E-state index in [4.69, 9.17) is 11.6 Å². The molecule has 1 amide bonds. The second-order valence-electron chi connectivity index (χ2n) is 5.76. The van der Waals surface area contributed by atoms with Crippen molar-refractivity contribution in [1.29, 1.82) is 0 Å². The maximum atomic E-state index is 12.3. The van der Waals surface area contributed by atoms with Crippen molar-refractivity contribution in [2.75, 3.05) is 5.32 Å². The molecule has 0 aromatic carbocycles. The van der Waals surface area contributed by atoms with Gasteiger partial charge in [0.05, 0.1) is 22.1 Å². The Kier molecular flexibility index (Phi) is 5.64. The maximum absolute atomic E-state index is 12.3. The summed E-state index contributed by atoms with van der Waals surface area (Å²) in [6.07, 6.45) is 1.56. The van der Waals surface area contributed by atoms with Gasteiger partial charge in [-0.3, -0.25) is 9.59 Å². The molecule has 0 aliphatic heterocycles. The lowest BCUT2D eigenvalue weighted by molar-refractivity contribution is -0.115. The monoisotopic (exact) mass is 408 g/mol. The quantitative estimate of drug-likeness (QED) is 0.625. The van der Waals surface area contributed by atoms with Gasteiger partial charge < -0.3 is 10.3 Å². The second kappa shape index (κ2) is 7.77. The molecule has 26 heavy (non-hydrogen) atoms. The van der Waals surface area contributed by atoms with E-state index in [9.17, 15) is 9.59 Å². The third kappa shape index (κ3) is 3.92. The number of H-pyrrole nitrogens is 1. The van der Waals surface area contributed by atoms with Gasteiger partial charge >= 0.3 is 0 Å². The number of aromatic amines is 1. The van der Waals surface area contributed by atoms with Crippen LogP contribution < -0.4 is 10.9 Å². The van der Waals surface area contributed by atoms with Crippen molar-refractivity contribution in [3.05, 3.63) is 50.1 Å². The summed E-state index contributed by atoms with van der Waals surface area (Å²) < 4.78 is 0. The summed E-state index contributed by atoms with van der Waals surface area (Å²) in [6, 6.07) is 3.40. The zero-order valence-electron chi connectivity index (χ0n) is 14.4. The Hall–Kier alpha value is -1.90. The van der Waals surface area contributed by atoms with Gasteiger partial charge in [-0.1, -0.05) is 11.6 Å². The van der Waals surface area contributed by atoms with Gasteiger partial charge in [0.15, 0.2) is 5.15 Å². The van der Waals surface area contributed by atoms with Gasteiger partial charge in [-0.15, -0.1) is 23.1 Å². The number of aryl methyl sites for hydroxylation is 2. The number of nitrogens with one attached hydrogen (secondary N) is 2. The predicted molar refractivity (Wildman–Crippen MR) is 108 cm³/mol. The highest BCUT2D eigenvalue weighted by Crippen LogP contribution is 2.27. The van der Waals surface area contributed by atoms with Crippen LogP contribution in [0, 0.1) is 13.8 Å². The van der Waals surface area contributed by atoms with E-state index in [1.807, 2.05) is 13.8 Å². The second-order valence-corrected chi connectivity index (χ2v) is 8.65. The number of anilines is 1. The molecule has 9 heteroatoms. The van der Waals surface area contributed by atoms with Crippen molar-refractivity contribution < 1.29 is 4.79 Å². The van der Waals surface area contributed by atoms with Gasteiger partial charge in [-0.05, 0) is 38.5 Å². The number of aromatic nitrogens is 3. The first-order valence-corrected chi connectivity index (χ1v) is 10.1. The van der Waals surface area contributed by atoms with Crippen molar-refractivity contribution in [3.63, 3.8) is 0 Å². The summed E-state index contributed by atoms with van der Waals surface area (Å²) in [7, 11) is 0. The Balaban J connectivity index is 1.68. The van der Waals surface area contributed by atoms with E-state index in [0.29, 0.717) is 22.7 Å². The van der Waals surface area contributed by atoms with E-state index < -0.39 is 0 Å². The number of halogens is 1. The van der Waals surface area contributed by atoms with E-state index in [1.54, 1.807) is 25.3 Å². The average molecular weight is 409 g/mol. The van der Waals surface area contributed by atoms with E-state index in [-0.39, 0.29) is 21.9 Å². The minimum Gasteiger partial charge on any atom is -0.323 e. The van der Waals surface area contributed by atoms with Crippen LogP contribution in [0.1, 0.15) is 23.2 Å². The zero-order valence-corrected chi connectivity index (χ0v) is 16.8. The number of pyridine rings is 1. The highest BCUT2D eigenvalue weighted by atomic mass is 35.5. The van der Waals surface area contributed by atoms with Gasteiger partial charge in [0.25, 0.3) is 5.56 Å². The van der Waals surface area contributed by atoms with Crippen molar-refractivity contribution in [1.82, 2.24) is 15.0 Å². The van der Waals surface area contributed by atoms with Crippen LogP contribution in [0.2, 0.25) is 5.15 Å². The standard InChI is InChI=1S/C17H17ClN4O2S2/c1-8-9(2)26-17-13(8)16(24)21-12(22-17)7-25-10(3)15(23)20-11-5-4-6-19-14(11)18/h4-6,10H,7H2,1-3H3,(H,20,23)(H,21,22,24)/t10-/m1/s1. The van der Waals surface area contributed by atoms with E-state index >= 15 is 0 Å². The normalized spacial score (nSPS) is 12.3. The fourth-order valence-electron chi connectivity index (χ4n) is 2.36. The lowest BCUT2D eigenvalue weighted by atomic mass is 10.2. The molecule has 1 atom stereocenters. The van der Waals surface area contributed by atoms with Crippen LogP contribution in [0.3, 0.4) is 0 Å². The van der Waals surface area contributed by atoms with Crippen LogP contribution in [0.15, 0.2) is 23.1 Å². The molecule has 3 heterocycles. The van der Waals surface area contributed by atoms with E-state index in [1.165, 1.54) is 23.1 Å². The third-order valence-corrected chi connectivity index (χ3v) is 6.50. The predicted octanol–water partition coefficient (Wildman–Crippen LogP) is 3.91. The Morgan fingerprint density at radius 1 is 1.46 bits per heavy atom. The molecule has 3 aromatic heterocycles. The zero-order chi connectivity index (χ0) is 18.8. The minimum atomic E-state index is -0.348. The number of nitrogens with zero attached hydrogens (tertiary/aromatic N) is 2. The Morgan fingerprint density at radius 3 is 2.96 bits per heavy atom. The highest BCUT2D eigenvalue weighted by Gasteiger charge is 2.17. The summed E-state index contributed by atoms with van der Waals surface area (Å²) in [6.45, 7) is 5.70. The lowest BCUT2D eigenvalue weighted by Gasteiger charge is -2.12. The number of carbonyl (C=O) groups is 1. The van der Waals surface area contributed by atoms with Crippen molar-refractivity contribution in [3.8, 4) is 0 Å². The van der Waals surface area contributed by atoms with Crippen molar-refractivity contribution >= 4 is 56.5 Å². The van der Waals surface area contributed by atoms with Gasteiger partial charge in [0.2, 0.25) is 5.91 Å². The van der Waals surface area contributed by atoms with Crippen LogP contribution in [-0.4, -0.2) is 26.1 Å². The molecule has 0 radical (unpaired) electrons. The first kappa shape index (κ1) is 18.9. The molecular formula is C17H17ClN4O2S2. The fourth-order valence-corrected chi connectivity index (χ4v) is 4.33. The van der Waals surface area contributed by atoms with Crippen molar-refractivity contribution in [2.45, 2.75) is 31.8 Å². The molecule has 0 bridgehead atoms. The molecule has 0 aliphatic rings. The SMILES string of the molecule is Cc1sc2nc(CS[C@H](C)C(=O)Nc3cccnc3Cl)[nH]c(=O)c2c1C. The summed E-state index contributed by atoms with van der Waals surface area (Å²) in [5.74, 6) is 0.806. The number of amides is 1. The summed E-state index contributed by atoms with van der Waals surface area (Å²) in [5, 5.41) is 3.30. The number of hydrogen-bond acceptors (Lipinski definition) is 6. The van der Waals surface area contributed by atoms with Crippen LogP contribution in [0.25, 0.3) is 10.2 Å². The number of fused-ring (bicyclic) bond motifs is 1. The summed E-state index contributed by atoms with van der Waals surface area (Å²) in [5.41, 5.74) is 1.31. The number of rotatable bonds is 5. The molecule has 0 spiro atoms. The molecule has 0 fully saturated rings. The first-order chi connectivity index (χ1) is 12.4. The molecule has 6 nitrogen and oxygen atoms in total. The fraction of sp³-hybridized carbons (Fsp3) is 0.294. The number of thiophene rings is 1. The molecular weight excluding hydrogens is 392 g/mol. The maximum Gasteiger partial charge on any atom is 0.259 e. The number of carbonyl (C=O) groups excluding carboxylic acids is 1. The Morgan fingerprint density at radius 2 is 2.23 bits per heavy atom. The molecule has 136 valence electrons. The lowest BCUT2D eigenvalue weighted by Crippen LogP contribution is -2.23. The summed E-state index contributed by atoms with van der Waals surface area (Å²) in [4.78, 5) is 37.7. The number of hydrogen-bond donors (Lipinski definition) is 2. The van der Waals surface area contributed by atoms with Gasteiger partial charge in [0.1, 0.15) is 10.7 Å². The Bertz CT molecular complexity index is 1030. The van der Waals surface area contributed by atoms with Gasteiger partial charge in [0, 0.05) is 11.1 Å². The topological polar surface area (TPSA) is 87.7 Å². The van der Waals surface area contributed by atoms with Gasteiger partial charge in [-0.25, -0.2) is 9.97 Å². The van der Waals surface area contributed by atoms with Crippen LogP contribution >= 0.6 is 34.7 Å². The van der Waals surface area contributed by atoms with Crippen LogP contribution in [0.4, 0.5) is 5.69 Å². The average Bonchev–Trinajstić information content (AvgIpc) is 2.89. The first-order valence-electron chi connectivity index (χ1n) is 7.88. The molecule has 3 aromatic rings. The molecule has 0 unspecified atom stereocenters. The largest absolute Gasteiger partial charge is 0.323 e. The smallest absolute Gasteiger partial charge is 0.259 e. The highest BCUT2D eigenvalue weighted by molar-refractivity contribution is 7.99. The molecule has 3 rings (SSSR count). The summed E-state index contributed by atoms with van der Waals surface area (Å²) >= 11 is 8.85. The van der Waals surface area contributed by atoms with Crippen molar-refractivity contribution in [2.24, 2.45) is 0 Å². The van der Waals surface area contributed by atoms with Crippen LogP contribution in [0.5, 0.6) is 0 Å². The van der Waals surface area contributed by atoms with Crippen LogP contribution in [-0.2, 0) is 10.5 Å². The van der Waals surface area contributed by atoms with E-state index in [2.05, 4.69) is 20.3 Å². The Labute approximate surface area is 163 Å². The molecule has 0 saturated heterocycles. The van der Waals surface area contributed by atoms with E-state index in [0.717, 1.165) is 15.3 Å². The number of thioether (sulfide) groups is 1. The van der Waals surface area contributed by atoms with Gasteiger partial charge in [-0.2, -0.15) is 0 Å². The molecule has 0 saturated carbocycles.